The molecule has 6 rings (SSSR count). The smallest absolute Gasteiger partial charge is 0.319 e. The summed E-state index contributed by atoms with van der Waals surface area (Å²) in [5.41, 5.74) is 2.10. The quantitative estimate of drug-likeness (QED) is 0.386. The molecule has 198 valence electrons. The van der Waals surface area contributed by atoms with E-state index < -0.39 is 5.82 Å². The lowest BCUT2D eigenvalue weighted by atomic mass is 10.0. The number of aliphatic imine (C=N–C) groups is 1. The number of nitrogens with zero attached hydrogens (tertiary/aromatic N) is 3. The van der Waals surface area contributed by atoms with Crippen LogP contribution in [-0.2, 0) is 0 Å². The first-order chi connectivity index (χ1) is 18.6. The fourth-order valence-corrected chi connectivity index (χ4v) is 5.80. The summed E-state index contributed by atoms with van der Waals surface area (Å²) in [5.74, 6) is 0.484. The highest BCUT2D eigenvalue weighted by Gasteiger charge is 2.23. The van der Waals surface area contributed by atoms with Crippen molar-refractivity contribution in [3.63, 3.8) is 0 Å². The highest BCUT2D eigenvalue weighted by atomic mass is 32.1. The monoisotopic (exact) mass is 534 g/mol. The molecule has 3 N–H and O–H groups in total. The molecule has 0 bridgehead atoms. The van der Waals surface area contributed by atoms with Gasteiger partial charge in [0.15, 0.2) is 11.6 Å². The Labute approximate surface area is 225 Å². The molecule has 2 amide bonds. The van der Waals surface area contributed by atoms with Crippen molar-refractivity contribution in [1.82, 2.24) is 20.5 Å². The van der Waals surface area contributed by atoms with Gasteiger partial charge in [0.05, 0.1) is 20.8 Å². The van der Waals surface area contributed by atoms with E-state index >= 15 is 0 Å². The fourth-order valence-electron chi connectivity index (χ4n) is 4.75. The van der Waals surface area contributed by atoms with E-state index in [0.29, 0.717) is 17.4 Å². The van der Waals surface area contributed by atoms with Crippen LogP contribution in [0.5, 0.6) is 11.5 Å². The van der Waals surface area contributed by atoms with Gasteiger partial charge in [0, 0.05) is 61.8 Å². The molecule has 10 heteroatoms. The molecule has 1 aliphatic carbocycles. The lowest BCUT2D eigenvalue weighted by Crippen LogP contribution is -2.33. The van der Waals surface area contributed by atoms with E-state index in [1.165, 1.54) is 18.6 Å². The van der Waals surface area contributed by atoms with Crippen molar-refractivity contribution in [2.75, 3.05) is 38.0 Å². The predicted molar refractivity (Wildman–Crippen MR) is 150 cm³/mol. The van der Waals surface area contributed by atoms with E-state index in [2.05, 4.69) is 38.1 Å². The van der Waals surface area contributed by atoms with Crippen LogP contribution < -0.4 is 20.7 Å². The Kier molecular flexibility index (Phi) is 7.35. The number of ether oxygens (including phenoxy) is 1. The zero-order valence-electron chi connectivity index (χ0n) is 21.1. The molecule has 1 saturated carbocycles. The Balaban J connectivity index is 1.13. The Morgan fingerprint density at radius 2 is 2.11 bits per heavy atom. The number of urea groups is 1. The summed E-state index contributed by atoms with van der Waals surface area (Å²) in [6.07, 6.45) is 10.1. The SMILES string of the molecule is O=C(Nc1ccc(Oc2ccnc3cc(C4=CCC(CN5CCCNCC5)C=N4)sc23)c(F)c1)NC1CC1. The number of amides is 2. The lowest BCUT2D eigenvalue weighted by molar-refractivity contribution is 0.251. The molecule has 2 fully saturated rings. The molecule has 3 aromatic rings. The van der Waals surface area contributed by atoms with Crippen LogP contribution in [0.4, 0.5) is 14.9 Å². The minimum absolute atomic E-state index is 0.0852. The van der Waals surface area contributed by atoms with E-state index in [9.17, 15) is 9.18 Å². The maximum Gasteiger partial charge on any atom is 0.319 e. The Hall–Kier alpha value is -3.34. The molecule has 0 radical (unpaired) electrons. The Morgan fingerprint density at radius 1 is 1.18 bits per heavy atom. The average molecular weight is 535 g/mol. The molecule has 1 saturated heterocycles. The van der Waals surface area contributed by atoms with Crippen LogP contribution in [0.3, 0.4) is 0 Å². The molecule has 3 aliphatic rings. The van der Waals surface area contributed by atoms with Gasteiger partial charge in [0.1, 0.15) is 5.75 Å². The summed E-state index contributed by atoms with van der Waals surface area (Å²) >= 11 is 1.54. The maximum absolute atomic E-state index is 14.8. The number of allylic oxidation sites excluding steroid dienone is 1. The Bertz CT molecular complexity index is 1380. The number of thiophene rings is 1. The van der Waals surface area contributed by atoms with Gasteiger partial charge in [-0.2, -0.15) is 0 Å². The maximum atomic E-state index is 14.8. The number of hydrogen-bond donors (Lipinski definition) is 3. The normalized spacial score (nSPS) is 20.1. The number of carbonyl (C=O) groups is 1. The summed E-state index contributed by atoms with van der Waals surface area (Å²) in [4.78, 5) is 24.8. The number of carbonyl (C=O) groups excluding carboxylic acids is 1. The minimum Gasteiger partial charge on any atom is -0.453 e. The van der Waals surface area contributed by atoms with Crippen LogP contribution in [0.25, 0.3) is 15.9 Å². The van der Waals surface area contributed by atoms with E-state index in [0.717, 1.165) is 72.8 Å². The van der Waals surface area contributed by atoms with E-state index in [1.54, 1.807) is 29.7 Å². The van der Waals surface area contributed by atoms with Gasteiger partial charge < -0.3 is 25.6 Å². The number of rotatable bonds is 7. The van der Waals surface area contributed by atoms with Gasteiger partial charge in [-0.3, -0.25) is 9.98 Å². The molecule has 0 spiro atoms. The number of halogens is 1. The van der Waals surface area contributed by atoms with Crippen LogP contribution >= 0.6 is 11.3 Å². The average Bonchev–Trinajstić information content (AvgIpc) is 3.67. The highest BCUT2D eigenvalue weighted by molar-refractivity contribution is 7.20. The van der Waals surface area contributed by atoms with Crippen LogP contribution in [0.2, 0.25) is 0 Å². The topological polar surface area (TPSA) is 90.9 Å². The second-order valence-electron chi connectivity index (χ2n) is 10.0. The van der Waals surface area contributed by atoms with Gasteiger partial charge in [0.25, 0.3) is 0 Å². The molecule has 1 atom stereocenters. The van der Waals surface area contributed by atoms with Gasteiger partial charge in [-0.1, -0.05) is 6.08 Å². The molecular weight excluding hydrogens is 503 g/mol. The molecular formula is C28H31FN6O2S. The first kappa shape index (κ1) is 25.0. The van der Waals surface area contributed by atoms with Crippen molar-refractivity contribution >= 4 is 45.2 Å². The second kappa shape index (κ2) is 11.2. The second-order valence-corrected chi connectivity index (χ2v) is 11.1. The third-order valence-corrected chi connectivity index (χ3v) is 8.08. The molecule has 2 aliphatic heterocycles. The first-order valence-corrected chi connectivity index (χ1v) is 14.0. The number of anilines is 1. The van der Waals surface area contributed by atoms with Crippen molar-refractivity contribution in [1.29, 1.82) is 0 Å². The Morgan fingerprint density at radius 3 is 2.92 bits per heavy atom. The minimum atomic E-state index is -0.554. The zero-order valence-corrected chi connectivity index (χ0v) is 21.9. The van der Waals surface area contributed by atoms with Gasteiger partial charge in [-0.05, 0) is 57.0 Å². The van der Waals surface area contributed by atoms with Gasteiger partial charge >= 0.3 is 6.03 Å². The van der Waals surface area contributed by atoms with E-state index in [-0.39, 0.29) is 17.8 Å². The number of nitrogens with one attached hydrogen (secondary N) is 3. The number of hydrogen-bond acceptors (Lipinski definition) is 7. The number of pyridine rings is 1. The van der Waals surface area contributed by atoms with Crippen LogP contribution in [-0.4, -0.2) is 60.9 Å². The molecule has 1 aromatic carbocycles. The summed E-state index contributed by atoms with van der Waals surface area (Å²) in [6.45, 7) is 5.40. The number of fused-ring (bicyclic) bond motifs is 1. The fraction of sp³-hybridized carbons (Fsp3) is 0.393. The van der Waals surface area contributed by atoms with E-state index in [4.69, 9.17) is 9.73 Å². The number of benzene rings is 1. The van der Waals surface area contributed by atoms with Crippen molar-refractivity contribution in [3.8, 4) is 11.5 Å². The molecule has 1 unspecified atom stereocenters. The van der Waals surface area contributed by atoms with Crippen molar-refractivity contribution < 1.29 is 13.9 Å². The third-order valence-electron chi connectivity index (χ3n) is 6.91. The largest absolute Gasteiger partial charge is 0.453 e. The van der Waals surface area contributed by atoms with Gasteiger partial charge in [0.2, 0.25) is 0 Å². The molecule has 4 heterocycles. The third kappa shape index (κ3) is 6.03. The molecule has 38 heavy (non-hydrogen) atoms. The molecule has 2 aromatic heterocycles. The number of aromatic nitrogens is 1. The molecule has 8 nitrogen and oxygen atoms in total. The summed E-state index contributed by atoms with van der Waals surface area (Å²) in [5, 5.41) is 8.94. The van der Waals surface area contributed by atoms with Gasteiger partial charge in [-0.25, -0.2) is 9.18 Å². The summed E-state index contributed by atoms with van der Waals surface area (Å²) in [6, 6.07) is 8.07. The highest BCUT2D eigenvalue weighted by Crippen LogP contribution is 2.39. The van der Waals surface area contributed by atoms with Crippen molar-refractivity contribution in [2.45, 2.75) is 31.7 Å². The standard InChI is InChI=1S/C28H31FN6O2S/c29-21-14-20(34-28(36)33-19-3-4-19)5-7-24(21)37-25-8-10-31-23-15-26(38-27(23)25)22-6-2-18(16-32-22)17-35-12-1-9-30-11-13-35/h5-8,10,14-16,18-19,30H,1-4,9,11-13,17H2,(H2,33,34,36). The van der Waals surface area contributed by atoms with Crippen LogP contribution in [0.15, 0.2) is 47.6 Å². The zero-order chi connectivity index (χ0) is 25.9. The summed E-state index contributed by atoms with van der Waals surface area (Å²) in [7, 11) is 0. The predicted octanol–water partition coefficient (Wildman–Crippen LogP) is 5.24. The first-order valence-electron chi connectivity index (χ1n) is 13.2. The summed E-state index contributed by atoms with van der Waals surface area (Å²) < 4.78 is 21.6. The lowest BCUT2D eigenvalue weighted by Gasteiger charge is -2.24. The van der Waals surface area contributed by atoms with Gasteiger partial charge in [-0.15, -0.1) is 11.3 Å². The van der Waals surface area contributed by atoms with Crippen molar-refractivity contribution in [3.05, 3.63) is 53.3 Å². The van der Waals surface area contributed by atoms with Crippen molar-refractivity contribution in [2.24, 2.45) is 10.9 Å². The van der Waals surface area contributed by atoms with Crippen LogP contribution in [0, 0.1) is 11.7 Å². The van der Waals surface area contributed by atoms with E-state index in [1.807, 2.05) is 6.07 Å². The van der Waals surface area contributed by atoms with Crippen LogP contribution in [0.1, 0.15) is 30.6 Å².